The molecule has 0 saturated heterocycles. The molecular weight excluding hydrogens is 1670 g/mol. The van der Waals surface area contributed by atoms with Crippen molar-refractivity contribution >= 4 is 104 Å². The van der Waals surface area contributed by atoms with Crippen LogP contribution in [0, 0.1) is 0 Å². The first-order valence-corrected chi connectivity index (χ1v) is 44.0. The lowest BCUT2D eigenvalue weighted by Gasteiger charge is -2.34. The second-order valence-electron chi connectivity index (χ2n) is 33.4. The Kier molecular flexibility index (Phi) is 23.3. The lowest BCUT2D eigenvalue weighted by molar-refractivity contribution is 0.101. The summed E-state index contributed by atoms with van der Waals surface area (Å²) in [7, 11) is 0. The summed E-state index contributed by atoms with van der Waals surface area (Å²) in [4.78, 5) is 79.0. The fourth-order valence-electron chi connectivity index (χ4n) is 19.1. The average molecular weight is 1760 g/mol. The maximum atomic E-state index is 13.2. The summed E-state index contributed by atoms with van der Waals surface area (Å²) in [6.45, 7) is 0. The van der Waals surface area contributed by atoms with Crippen LogP contribution in [0.2, 0.25) is 0 Å². The smallest absolute Gasteiger partial charge is 0.255 e. The number of nitrogens with two attached hydrogens (primary N) is 6. The van der Waals surface area contributed by atoms with Crippen LogP contribution in [0.4, 0.5) is 68.2 Å². The van der Waals surface area contributed by atoms with Crippen molar-refractivity contribution in [2.75, 3.05) is 66.3 Å². The van der Waals surface area contributed by atoms with Crippen molar-refractivity contribution in [3.63, 3.8) is 0 Å². The second kappa shape index (κ2) is 36.6. The molecular formula is C117H90N12O6. The molecule has 0 aromatic heterocycles. The molecule has 18 heteroatoms. The van der Waals surface area contributed by atoms with Crippen molar-refractivity contribution in [1.82, 2.24) is 0 Å². The van der Waals surface area contributed by atoms with E-state index < -0.39 is 16.2 Å². The molecule has 18 nitrogen and oxygen atoms in total. The molecule has 0 aliphatic heterocycles. The predicted molar refractivity (Wildman–Crippen MR) is 544 cm³/mol. The number of fused-ring (bicyclic) bond motifs is 9. The summed E-state index contributed by atoms with van der Waals surface area (Å²) in [5, 5.41) is 17.6. The molecule has 6 amide bonds. The summed E-state index contributed by atoms with van der Waals surface area (Å²) in [5.41, 5.74) is 63.7. The molecule has 0 fully saturated rings. The van der Waals surface area contributed by atoms with E-state index in [0.29, 0.717) is 102 Å². The van der Waals surface area contributed by atoms with Crippen LogP contribution in [-0.2, 0) is 16.2 Å². The van der Waals surface area contributed by atoms with E-state index in [2.05, 4.69) is 177 Å². The van der Waals surface area contributed by atoms with Gasteiger partial charge in [-0.1, -0.05) is 255 Å². The second-order valence-corrected chi connectivity index (χ2v) is 33.4. The predicted octanol–water partition coefficient (Wildman–Crippen LogP) is 23.2. The summed E-state index contributed by atoms with van der Waals surface area (Å²) < 4.78 is 0. The highest BCUT2D eigenvalue weighted by Gasteiger charge is 2.49. The van der Waals surface area contributed by atoms with Gasteiger partial charge in [-0.15, -0.1) is 0 Å². The first-order valence-electron chi connectivity index (χ1n) is 44.0. The van der Waals surface area contributed by atoms with Crippen LogP contribution in [0.3, 0.4) is 0 Å². The standard InChI is InChI=1S/3C39H30N4O2/c40-29-7-5-9-31(23-29)42-37(44)25-15-19-27(20-16-25)39(35-13-3-1-11-33(35)34-12-2-4-14-36(34)39)28-21-17-26(18-22-28)38(45)43-32-10-6-8-30(41)24-32;40-33-13-5-7-15-35(33)42-37(44)25-17-21-27(22-18-25)39(31-11-3-1-9-29(31)30-10-2-4-12-32(30)39)28-23-19-26(20-24-28)38(45)43-36-16-8-6-14-34(36)41;40-29-17-21-31(22-18-29)42-37(44)25-9-13-27(14-10-25)39(35-7-3-1-5-33(35)34-6-2-4-8-36(34)39)28-15-11-26(12-16-28)38(45)43-32-23-19-30(41)20-24-32/h3*1-24H,40-41H2,(H,42,44)(H,43,45). The molecule has 0 spiro atoms. The Morgan fingerprint density at radius 1 is 0.170 bits per heavy atom. The largest absolute Gasteiger partial charge is 0.399 e. The first kappa shape index (κ1) is 86.0. The van der Waals surface area contributed by atoms with E-state index in [4.69, 9.17) is 34.4 Å². The van der Waals surface area contributed by atoms with Gasteiger partial charge in [0.15, 0.2) is 0 Å². The minimum absolute atomic E-state index is 0.205. The number of para-hydroxylation sites is 4. The Hall–Kier alpha value is -18.4. The molecule has 0 bridgehead atoms. The highest BCUT2D eigenvalue weighted by atomic mass is 16.2. The number of hydrogen-bond donors (Lipinski definition) is 12. The van der Waals surface area contributed by atoms with Crippen molar-refractivity contribution in [2.45, 2.75) is 16.2 Å². The fraction of sp³-hybridized carbons (Fsp3) is 0.0256. The summed E-state index contributed by atoms with van der Waals surface area (Å²) >= 11 is 0. The molecule has 18 N–H and O–H groups in total. The normalized spacial score (nSPS) is 12.5. The summed E-state index contributed by atoms with van der Waals surface area (Å²) in [6.07, 6.45) is 0. The third kappa shape index (κ3) is 16.4. The number of hydrogen-bond acceptors (Lipinski definition) is 12. The monoisotopic (exact) mass is 1760 g/mol. The van der Waals surface area contributed by atoms with Gasteiger partial charge in [-0.3, -0.25) is 28.8 Å². The Morgan fingerprint density at radius 2 is 0.370 bits per heavy atom. The fourth-order valence-corrected chi connectivity index (χ4v) is 19.1. The molecule has 3 aliphatic carbocycles. The van der Waals surface area contributed by atoms with Gasteiger partial charge >= 0.3 is 0 Å². The van der Waals surface area contributed by atoms with E-state index in [1.807, 2.05) is 182 Å². The van der Waals surface area contributed by atoms with Crippen molar-refractivity contribution in [1.29, 1.82) is 0 Å². The zero-order valence-electron chi connectivity index (χ0n) is 73.0. The highest BCUT2D eigenvalue weighted by molar-refractivity contribution is 6.10. The van der Waals surface area contributed by atoms with E-state index in [9.17, 15) is 28.8 Å². The molecule has 654 valence electrons. The van der Waals surface area contributed by atoms with E-state index in [-0.39, 0.29) is 35.4 Å². The molecule has 0 saturated carbocycles. The summed E-state index contributed by atoms with van der Waals surface area (Å²) in [6, 6.07) is 140. The van der Waals surface area contributed by atoms with Gasteiger partial charge in [-0.05, 0) is 282 Å². The average Bonchev–Trinajstić information content (AvgIpc) is 1.56. The molecule has 0 radical (unpaired) electrons. The Morgan fingerprint density at radius 3 is 0.593 bits per heavy atom. The molecule has 0 unspecified atom stereocenters. The molecule has 18 aromatic carbocycles. The van der Waals surface area contributed by atoms with Crippen LogP contribution in [-0.4, -0.2) is 35.4 Å². The van der Waals surface area contributed by atoms with E-state index in [0.717, 1.165) is 100 Å². The van der Waals surface area contributed by atoms with E-state index in [1.54, 1.807) is 109 Å². The third-order valence-corrected chi connectivity index (χ3v) is 25.4. The summed E-state index contributed by atoms with van der Waals surface area (Å²) in [5.74, 6) is -1.33. The minimum Gasteiger partial charge on any atom is -0.399 e. The SMILES string of the molecule is Nc1ccc(NC(=O)c2ccc(C3(c4ccc(C(=O)Nc5ccc(N)cc5)cc4)c4ccccc4-c4ccccc43)cc2)cc1.Nc1cccc(NC(=O)c2ccc(C3(c4ccc(C(=O)Nc5cccc(N)c5)cc4)c4ccccc4-c4ccccc43)cc2)c1.Nc1ccccc1NC(=O)c1ccc(C2(c3ccc(C(=O)Nc4ccccc4N)cc3)c3ccccc3-c3ccccc32)cc1. The number of nitrogens with one attached hydrogen (secondary N) is 6. The molecule has 135 heavy (non-hydrogen) atoms. The quantitative estimate of drug-likeness (QED) is 0.0357. The van der Waals surface area contributed by atoms with Gasteiger partial charge in [0.05, 0.1) is 39.0 Å². The number of benzene rings is 18. The van der Waals surface area contributed by atoms with Gasteiger partial charge in [0.2, 0.25) is 0 Å². The van der Waals surface area contributed by atoms with Crippen molar-refractivity contribution in [3.05, 3.63) is 537 Å². The maximum Gasteiger partial charge on any atom is 0.255 e. The van der Waals surface area contributed by atoms with Gasteiger partial charge in [-0.2, -0.15) is 0 Å². The van der Waals surface area contributed by atoms with Crippen LogP contribution in [0.25, 0.3) is 33.4 Å². The van der Waals surface area contributed by atoms with Crippen LogP contribution in [0.1, 0.15) is 129 Å². The Labute approximate surface area is 780 Å². The van der Waals surface area contributed by atoms with Gasteiger partial charge in [0.1, 0.15) is 0 Å². The first-order chi connectivity index (χ1) is 65.8. The van der Waals surface area contributed by atoms with Gasteiger partial charge in [0, 0.05) is 78.9 Å². The lowest BCUT2D eigenvalue weighted by Crippen LogP contribution is -2.29. The third-order valence-electron chi connectivity index (χ3n) is 25.4. The van der Waals surface area contributed by atoms with Crippen LogP contribution >= 0.6 is 0 Å². The molecule has 18 aromatic rings. The van der Waals surface area contributed by atoms with Crippen LogP contribution < -0.4 is 66.3 Å². The minimum atomic E-state index is -0.676. The molecule has 0 atom stereocenters. The zero-order chi connectivity index (χ0) is 92.9. The van der Waals surface area contributed by atoms with E-state index in [1.165, 1.54) is 0 Å². The Balaban J connectivity index is 0.000000130. The van der Waals surface area contributed by atoms with Gasteiger partial charge in [-0.25, -0.2) is 0 Å². The molecule has 3 aliphatic rings. The number of anilines is 12. The number of amides is 6. The van der Waals surface area contributed by atoms with Gasteiger partial charge in [0.25, 0.3) is 35.4 Å². The zero-order valence-corrected chi connectivity index (χ0v) is 73.0. The number of carbonyl (C=O) groups is 6. The highest BCUT2D eigenvalue weighted by Crippen LogP contribution is 2.60. The van der Waals surface area contributed by atoms with Crippen molar-refractivity contribution in [3.8, 4) is 33.4 Å². The maximum absolute atomic E-state index is 13.2. The van der Waals surface area contributed by atoms with Crippen molar-refractivity contribution < 1.29 is 28.8 Å². The van der Waals surface area contributed by atoms with E-state index >= 15 is 0 Å². The molecule has 0 heterocycles. The van der Waals surface area contributed by atoms with Crippen molar-refractivity contribution in [2.24, 2.45) is 0 Å². The number of nitrogen functional groups attached to an aromatic ring is 6. The molecule has 21 rings (SSSR count). The Bertz CT molecular complexity index is 7150. The number of carbonyl (C=O) groups excluding carboxylic acids is 6. The number of rotatable bonds is 18. The van der Waals surface area contributed by atoms with Gasteiger partial charge < -0.3 is 66.3 Å². The van der Waals surface area contributed by atoms with Crippen LogP contribution in [0.5, 0.6) is 0 Å². The lowest BCUT2D eigenvalue weighted by atomic mass is 9.67. The van der Waals surface area contributed by atoms with Crippen LogP contribution in [0.15, 0.2) is 437 Å². The topological polar surface area (TPSA) is 331 Å².